The molecule has 3 aromatic rings. The highest BCUT2D eigenvalue weighted by Gasteiger charge is 2.49. The first-order chi connectivity index (χ1) is 18.2. The molecule has 9 nitrogen and oxygen atoms in total. The number of carbonyl (C=O) groups is 3. The molecule has 10 heteroatoms. The average Bonchev–Trinajstić information content (AvgIpc) is 3.49. The van der Waals surface area contributed by atoms with E-state index in [9.17, 15) is 19.5 Å². The van der Waals surface area contributed by atoms with Crippen molar-refractivity contribution in [2.24, 2.45) is 7.05 Å². The zero-order chi connectivity index (χ0) is 27.3. The predicted octanol–water partition coefficient (Wildman–Crippen LogP) is 2.12. The third kappa shape index (κ3) is 6.25. The van der Waals surface area contributed by atoms with Crippen molar-refractivity contribution in [3.05, 3.63) is 90.0 Å². The highest BCUT2D eigenvalue weighted by molar-refractivity contribution is 8.00. The Kier molecular flexibility index (Phi) is 8.53. The number of pyridine rings is 1. The minimum Gasteiger partial charge on any atom is -0.381 e. The summed E-state index contributed by atoms with van der Waals surface area (Å²) in [4.78, 5) is 45.5. The van der Waals surface area contributed by atoms with E-state index in [1.54, 1.807) is 42.3 Å². The van der Waals surface area contributed by atoms with Crippen molar-refractivity contribution in [1.29, 1.82) is 0 Å². The number of rotatable bonds is 9. The van der Waals surface area contributed by atoms with Crippen molar-refractivity contribution in [3.63, 3.8) is 0 Å². The lowest BCUT2D eigenvalue weighted by Crippen LogP contribution is -2.58. The Balaban J connectivity index is 1.53. The average molecular weight is 536 g/mol. The zero-order valence-electron chi connectivity index (χ0n) is 21.7. The van der Waals surface area contributed by atoms with Crippen molar-refractivity contribution in [2.45, 2.75) is 49.7 Å². The van der Waals surface area contributed by atoms with E-state index in [1.165, 1.54) is 16.7 Å². The summed E-state index contributed by atoms with van der Waals surface area (Å²) < 4.78 is 1.10. The molecule has 0 bridgehead atoms. The topological polar surface area (TPSA) is 117 Å². The van der Waals surface area contributed by atoms with Gasteiger partial charge in [-0.05, 0) is 55.7 Å². The summed E-state index contributed by atoms with van der Waals surface area (Å²) in [5.74, 6) is -1.04. The van der Waals surface area contributed by atoms with Crippen LogP contribution in [0.5, 0.6) is 0 Å². The molecule has 2 aromatic heterocycles. The SMILES string of the molecule is Cn1cccc1C(=O)N[C@@H](Cc1ccccc1)[C@H](O)C(=O)N1CSC(C)(C)[C@H]1C(=O)NCc1ccncc1. The number of benzene rings is 1. The smallest absolute Gasteiger partial charge is 0.268 e. The van der Waals surface area contributed by atoms with Crippen LogP contribution >= 0.6 is 11.8 Å². The van der Waals surface area contributed by atoms with E-state index in [1.807, 2.05) is 56.3 Å². The van der Waals surface area contributed by atoms with Gasteiger partial charge in [0.1, 0.15) is 11.7 Å². The molecule has 4 rings (SSSR count). The molecule has 0 saturated carbocycles. The van der Waals surface area contributed by atoms with Crippen LogP contribution in [0.25, 0.3) is 0 Å². The van der Waals surface area contributed by atoms with Crippen molar-refractivity contribution in [2.75, 3.05) is 5.88 Å². The van der Waals surface area contributed by atoms with E-state index in [0.717, 1.165) is 11.1 Å². The van der Waals surface area contributed by atoms with Crippen LogP contribution in [-0.4, -0.2) is 66.1 Å². The third-order valence-electron chi connectivity index (χ3n) is 6.72. The second-order valence-electron chi connectivity index (χ2n) is 9.88. The highest BCUT2D eigenvalue weighted by Crippen LogP contribution is 2.40. The number of aliphatic hydroxyl groups is 1. The van der Waals surface area contributed by atoms with Crippen LogP contribution < -0.4 is 10.6 Å². The van der Waals surface area contributed by atoms with Gasteiger partial charge >= 0.3 is 0 Å². The first-order valence-corrected chi connectivity index (χ1v) is 13.4. The molecule has 0 radical (unpaired) electrons. The number of amides is 3. The van der Waals surface area contributed by atoms with Gasteiger partial charge < -0.3 is 25.2 Å². The van der Waals surface area contributed by atoms with Gasteiger partial charge in [0, 0.05) is 36.9 Å². The van der Waals surface area contributed by atoms with Crippen LogP contribution in [0.15, 0.2) is 73.2 Å². The summed E-state index contributed by atoms with van der Waals surface area (Å²) in [5, 5.41) is 17.1. The molecule has 3 amide bonds. The second-order valence-corrected chi connectivity index (χ2v) is 11.5. The Morgan fingerprint density at radius 2 is 1.79 bits per heavy atom. The molecule has 1 aromatic carbocycles. The van der Waals surface area contributed by atoms with Gasteiger partial charge in [-0.25, -0.2) is 0 Å². The molecule has 3 atom stereocenters. The van der Waals surface area contributed by atoms with Gasteiger partial charge in [0.15, 0.2) is 6.10 Å². The van der Waals surface area contributed by atoms with Gasteiger partial charge in [-0.1, -0.05) is 30.3 Å². The number of hydrogen-bond acceptors (Lipinski definition) is 6. The summed E-state index contributed by atoms with van der Waals surface area (Å²) >= 11 is 1.47. The Morgan fingerprint density at radius 3 is 2.45 bits per heavy atom. The third-order valence-corrected chi connectivity index (χ3v) is 8.09. The van der Waals surface area contributed by atoms with Gasteiger partial charge in [-0.3, -0.25) is 19.4 Å². The highest BCUT2D eigenvalue weighted by atomic mass is 32.2. The first kappa shape index (κ1) is 27.4. The number of nitrogens with one attached hydrogen (secondary N) is 2. The van der Waals surface area contributed by atoms with Crippen molar-refractivity contribution < 1.29 is 19.5 Å². The zero-order valence-corrected chi connectivity index (χ0v) is 22.5. The Bertz CT molecular complexity index is 1260. The summed E-state index contributed by atoms with van der Waals surface area (Å²) in [6.45, 7) is 4.12. The van der Waals surface area contributed by atoms with Crippen LogP contribution in [0.1, 0.15) is 35.5 Å². The predicted molar refractivity (Wildman–Crippen MR) is 146 cm³/mol. The number of aryl methyl sites for hydroxylation is 1. The number of aromatic nitrogens is 2. The minimum atomic E-state index is -1.55. The fourth-order valence-electron chi connectivity index (χ4n) is 4.59. The summed E-state index contributed by atoms with van der Waals surface area (Å²) in [6, 6.07) is 14.7. The molecule has 1 saturated heterocycles. The Hall–Kier alpha value is -3.63. The first-order valence-electron chi connectivity index (χ1n) is 12.4. The Labute approximate surface area is 226 Å². The van der Waals surface area contributed by atoms with Gasteiger partial charge in [0.05, 0.1) is 11.9 Å². The lowest BCUT2D eigenvalue weighted by Gasteiger charge is -2.33. The number of carbonyl (C=O) groups excluding carboxylic acids is 3. The van der Waals surface area contributed by atoms with Crippen LogP contribution in [0.3, 0.4) is 0 Å². The summed E-state index contributed by atoms with van der Waals surface area (Å²) in [5.41, 5.74) is 2.16. The number of aliphatic hydroxyl groups excluding tert-OH is 1. The van der Waals surface area contributed by atoms with Crippen molar-refractivity contribution in [1.82, 2.24) is 25.1 Å². The van der Waals surface area contributed by atoms with Crippen LogP contribution in [0, 0.1) is 0 Å². The minimum absolute atomic E-state index is 0.243. The van der Waals surface area contributed by atoms with Crippen molar-refractivity contribution in [3.8, 4) is 0 Å². The van der Waals surface area contributed by atoms with E-state index >= 15 is 0 Å². The van der Waals surface area contributed by atoms with E-state index in [-0.39, 0.29) is 18.2 Å². The largest absolute Gasteiger partial charge is 0.381 e. The summed E-state index contributed by atoms with van der Waals surface area (Å²) in [6.07, 6.45) is 3.75. The maximum absolute atomic E-state index is 13.7. The fraction of sp³-hybridized carbons (Fsp3) is 0.357. The number of thioether (sulfide) groups is 1. The standard InChI is InChI=1S/C28H33N5O4S/c1-28(2)24(26(36)30-17-20-11-13-29-14-12-20)33(18-38-28)27(37)23(34)21(16-19-8-5-4-6-9-19)31-25(35)22-10-7-15-32(22)3/h4-15,21,23-24,34H,16-18H2,1-3H3,(H,30,36)(H,31,35)/t21-,23-,24+/m0/s1. The molecule has 38 heavy (non-hydrogen) atoms. The van der Waals surface area contributed by atoms with Crippen molar-refractivity contribution >= 4 is 29.5 Å². The fourth-order valence-corrected chi connectivity index (χ4v) is 5.73. The molecule has 0 spiro atoms. The maximum atomic E-state index is 13.7. The molecular formula is C28H33N5O4S. The summed E-state index contributed by atoms with van der Waals surface area (Å²) in [7, 11) is 1.75. The van der Waals surface area contributed by atoms with Crippen LogP contribution in [0.4, 0.5) is 0 Å². The number of hydrogen-bond donors (Lipinski definition) is 3. The van der Waals surface area contributed by atoms with Gasteiger partial charge in [-0.2, -0.15) is 0 Å². The molecule has 1 aliphatic heterocycles. The lowest BCUT2D eigenvalue weighted by atomic mass is 9.97. The van der Waals surface area contributed by atoms with E-state index in [2.05, 4.69) is 15.6 Å². The molecule has 0 unspecified atom stereocenters. The van der Waals surface area contributed by atoms with Gasteiger partial charge in [0.2, 0.25) is 5.91 Å². The molecular weight excluding hydrogens is 502 g/mol. The Morgan fingerprint density at radius 1 is 1.08 bits per heavy atom. The van der Waals surface area contributed by atoms with E-state index in [4.69, 9.17) is 0 Å². The van der Waals surface area contributed by atoms with Gasteiger partial charge in [0.25, 0.3) is 11.8 Å². The molecule has 0 aliphatic carbocycles. The van der Waals surface area contributed by atoms with Crippen LogP contribution in [-0.2, 0) is 29.6 Å². The van der Waals surface area contributed by atoms with Crippen LogP contribution in [0.2, 0.25) is 0 Å². The second kappa shape index (κ2) is 11.8. The molecule has 3 heterocycles. The maximum Gasteiger partial charge on any atom is 0.268 e. The van der Waals surface area contributed by atoms with E-state index in [0.29, 0.717) is 12.2 Å². The molecule has 3 N–H and O–H groups in total. The molecule has 1 aliphatic rings. The monoisotopic (exact) mass is 535 g/mol. The van der Waals surface area contributed by atoms with Gasteiger partial charge in [-0.15, -0.1) is 11.8 Å². The van der Waals surface area contributed by atoms with E-state index < -0.39 is 34.7 Å². The normalized spacial score (nSPS) is 18.0. The molecule has 1 fully saturated rings. The number of nitrogens with zero attached hydrogens (tertiary/aromatic N) is 3. The lowest BCUT2D eigenvalue weighted by molar-refractivity contribution is -0.147. The molecule has 200 valence electrons. The quantitative estimate of drug-likeness (QED) is 0.387.